The quantitative estimate of drug-likeness (QED) is 0.679. The van der Waals surface area contributed by atoms with Gasteiger partial charge in [-0.1, -0.05) is 0 Å². The normalized spacial score (nSPS) is 14.0. The lowest BCUT2D eigenvalue weighted by atomic mass is 10.0. The molecule has 0 atom stereocenters. The van der Waals surface area contributed by atoms with Crippen LogP contribution in [-0.2, 0) is 11.2 Å². The zero-order valence-corrected chi connectivity index (χ0v) is 11.7. The highest BCUT2D eigenvalue weighted by molar-refractivity contribution is 6.00. The van der Waals surface area contributed by atoms with Crippen molar-refractivity contribution >= 4 is 17.2 Å². The molecule has 0 unspecified atom stereocenters. The first kappa shape index (κ1) is 12.0. The van der Waals surface area contributed by atoms with E-state index in [1.165, 1.54) is 0 Å². The lowest BCUT2D eigenvalue weighted by Crippen LogP contribution is -2.21. The number of amides is 1. The van der Waals surface area contributed by atoms with Gasteiger partial charge in [-0.2, -0.15) is 14.8 Å². The number of aromatic nitrogens is 4. The maximum Gasteiger partial charge on any atom is 0.232 e. The second kappa shape index (κ2) is 4.12. The second-order valence-electron chi connectivity index (χ2n) is 5.20. The van der Waals surface area contributed by atoms with Gasteiger partial charge in [0.25, 0.3) is 0 Å². The molecule has 1 aliphatic heterocycles. The molecule has 21 heavy (non-hydrogen) atoms. The van der Waals surface area contributed by atoms with Crippen molar-refractivity contribution in [3.63, 3.8) is 0 Å². The minimum absolute atomic E-state index is 0.0768. The number of likely N-dealkylation sites (N-methyl/N-ethyl adjacent to an activating group) is 1. The minimum Gasteiger partial charge on any atom is -0.299 e. The lowest BCUT2D eigenvalue weighted by molar-refractivity contribution is -0.117. The Morgan fingerprint density at radius 1 is 1.33 bits per heavy atom. The fourth-order valence-corrected chi connectivity index (χ4v) is 2.83. The molecular weight excluding hydrogens is 266 g/mol. The molecule has 6 heteroatoms. The summed E-state index contributed by atoms with van der Waals surface area (Å²) >= 11 is 0. The third-order valence-corrected chi connectivity index (χ3v) is 3.86. The standard InChI is InChI=1S/C15H13N5O/c1-9-14(12-4-3-5-17-20(12)18-9)11-6-10-7-13(21)19(2)15(10)16-8-11/h3-6,8H,7H2,1-2H3. The predicted molar refractivity (Wildman–Crippen MR) is 78.1 cm³/mol. The van der Waals surface area contributed by atoms with E-state index < -0.39 is 0 Å². The van der Waals surface area contributed by atoms with E-state index in [-0.39, 0.29) is 5.91 Å². The first-order valence-electron chi connectivity index (χ1n) is 6.71. The van der Waals surface area contributed by atoms with Crippen LogP contribution in [0.4, 0.5) is 5.82 Å². The molecule has 1 aliphatic rings. The Morgan fingerprint density at radius 2 is 2.19 bits per heavy atom. The maximum atomic E-state index is 11.8. The van der Waals surface area contributed by atoms with Crippen molar-refractivity contribution in [3.8, 4) is 11.1 Å². The molecule has 6 nitrogen and oxygen atoms in total. The molecule has 3 aromatic rings. The number of anilines is 1. The van der Waals surface area contributed by atoms with Crippen LogP contribution < -0.4 is 4.90 Å². The van der Waals surface area contributed by atoms with Crippen molar-refractivity contribution in [3.05, 3.63) is 41.9 Å². The van der Waals surface area contributed by atoms with E-state index in [9.17, 15) is 4.79 Å². The molecule has 0 fully saturated rings. The first-order chi connectivity index (χ1) is 10.1. The maximum absolute atomic E-state index is 11.8. The summed E-state index contributed by atoms with van der Waals surface area (Å²) in [6.07, 6.45) is 3.91. The van der Waals surface area contributed by atoms with Gasteiger partial charge in [0.1, 0.15) is 5.82 Å². The number of pyridine rings is 1. The Balaban J connectivity index is 1.93. The van der Waals surface area contributed by atoms with Crippen molar-refractivity contribution in [1.29, 1.82) is 0 Å². The van der Waals surface area contributed by atoms with Crippen molar-refractivity contribution in [2.45, 2.75) is 13.3 Å². The highest BCUT2D eigenvalue weighted by atomic mass is 16.2. The molecule has 0 saturated carbocycles. The van der Waals surface area contributed by atoms with E-state index in [1.54, 1.807) is 29.0 Å². The minimum atomic E-state index is 0.0768. The molecule has 1 amide bonds. The van der Waals surface area contributed by atoms with Crippen LogP contribution in [0.25, 0.3) is 16.6 Å². The number of nitrogens with zero attached hydrogens (tertiary/aromatic N) is 5. The highest BCUT2D eigenvalue weighted by Gasteiger charge is 2.26. The number of hydrogen-bond donors (Lipinski definition) is 0. The van der Waals surface area contributed by atoms with Gasteiger partial charge >= 0.3 is 0 Å². The first-order valence-corrected chi connectivity index (χ1v) is 6.71. The van der Waals surface area contributed by atoms with Crippen LogP contribution >= 0.6 is 0 Å². The van der Waals surface area contributed by atoms with Gasteiger partial charge in [-0.15, -0.1) is 0 Å². The van der Waals surface area contributed by atoms with E-state index in [0.29, 0.717) is 6.42 Å². The fraction of sp³-hybridized carbons (Fsp3) is 0.200. The zero-order chi connectivity index (χ0) is 14.6. The summed E-state index contributed by atoms with van der Waals surface area (Å²) in [4.78, 5) is 17.8. The van der Waals surface area contributed by atoms with Gasteiger partial charge in [-0.3, -0.25) is 9.69 Å². The molecule has 4 rings (SSSR count). The third kappa shape index (κ3) is 1.65. The summed E-state index contributed by atoms with van der Waals surface area (Å²) in [5.74, 6) is 0.823. The monoisotopic (exact) mass is 279 g/mol. The van der Waals surface area contributed by atoms with Crippen LogP contribution in [0.2, 0.25) is 0 Å². The molecule has 4 heterocycles. The largest absolute Gasteiger partial charge is 0.299 e. The summed E-state index contributed by atoms with van der Waals surface area (Å²) in [5.41, 5.74) is 4.78. The Hall–Kier alpha value is -2.76. The molecule has 0 spiro atoms. The van der Waals surface area contributed by atoms with Crippen LogP contribution in [0.3, 0.4) is 0 Å². The van der Waals surface area contributed by atoms with Crippen LogP contribution in [0.5, 0.6) is 0 Å². The Bertz CT molecular complexity index is 883. The topological polar surface area (TPSA) is 63.4 Å². The van der Waals surface area contributed by atoms with Gasteiger partial charge in [-0.25, -0.2) is 4.98 Å². The summed E-state index contributed by atoms with van der Waals surface area (Å²) in [6.45, 7) is 1.95. The number of fused-ring (bicyclic) bond motifs is 2. The van der Waals surface area contributed by atoms with E-state index in [2.05, 4.69) is 15.2 Å². The lowest BCUT2D eigenvalue weighted by Gasteiger charge is -2.09. The van der Waals surface area contributed by atoms with Crippen LogP contribution in [0.1, 0.15) is 11.3 Å². The van der Waals surface area contributed by atoms with Crippen molar-refractivity contribution < 1.29 is 4.79 Å². The number of carbonyl (C=O) groups excluding carboxylic acids is 1. The Kier molecular flexibility index (Phi) is 2.35. The third-order valence-electron chi connectivity index (χ3n) is 3.86. The number of carbonyl (C=O) groups is 1. The average Bonchev–Trinajstić information content (AvgIpc) is 2.95. The predicted octanol–water partition coefficient (Wildman–Crippen LogP) is 1.62. The molecule has 3 aromatic heterocycles. The van der Waals surface area contributed by atoms with Crippen LogP contribution in [-0.4, -0.2) is 32.8 Å². The van der Waals surface area contributed by atoms with Crippen molar-refractivity contribution in [2.75, 3.05) is 11.9 Å². The number of aryl methyl sites for hydroxylation is 1. The SMILES string of the molecule is Cc1nn2ncccc2c1-c1cnc2c(c1)CC(=O)N2C. The summed E-state index contributed by atoms with van der Waals surface area (Å²) in [6, 6.07) is 5.89. The van der Waals surface area contributed by atoms with E-state index in [1.807, 2.05) is 25.1 Å². The summed E-state index contributed by atoms with van der Waals surface area (Å²) in [7, 11) is 1.76. The van der Waals surface area contributed by atoms with Crippen molar-refractivity contribution in [2.24, 2.45) is 0 Å². The number of hydrogen-bond acceptors (Lipinski definition) is 4. The average molecular weight is 279 g/mol. The van der Waals surface area contributed by atoms with Gasteiger partial charge in [0.05, 0.1) is 17.6 Å². The highest BCUT2D eigenvalue weighted by Crippen LogP contribution is 2.32. The smallest absolute Gasteiger partial charge is 0.232 e. The molecular formula is C15H13N5O. The van der Waals surface area contributed by atoms with Gasteiger partial charge in [0.15, 0.2) is 0 Å². The van der Waals surface area contributed by atoms with Crippen LogP contribution in [0, 0.1) is 6.92 Å². The van der Waals surface area contributed by atoms with Gasteiger partial charge in [-0.05, 0) is 25.1 Å². The molecule has 0 radical (unpaired) electrons. The van der Waals surface area contributed by atoms with E-state index in [0.717, 1.165) is 33.7 Å². The summed E-state index contributed by atoms with van der Waals surface area (Å²) < 4.78 is 1.62. The van der Waals surface area contributed by atoms with E-state index >= 15 is 0 Å². The molecule has 0 aliphatic carbocycles. The molecule has 104 valence electrons. The molecule has 0 bridgehead atoms. The fourth-order valence-electron chi connectivity index (χ4n) is 2.83. The summed E-state index contributed by atoms with van der Waals surface area (Å²) in [5, 5.41) is 8.62. The second-order valence-corrected chi connectivity index (χ2v) is 5.20. The Morgan fingerprint density at radius 3 is 3.05 bits per heavy atom. The van der Waals surface area contributed by atoms with Gasteiger partial charge in [0, 0.05) is 36.1 Å². The zero-order valence-electron chi connectivity index (χ0n) is 11.7. The van der Waals surface area contributed by atoms with Gasteiger partial charge in [0.2, 0.25) is 5.91 Å². The number of rotatable bonds is 1. The van der Waals surface area contributed by atoms with Gasteiger partial charge < -0.3 is 0 Å². The van der Waals surface area contributed by atoms with E-state index in [4.69, 9.17) is 0 Å². The molecule has 0 saturated heterocycles. The molecule has 0 N–H and O–H groups in total. The molecule has 0 aromatic carbocycles. The van der Waals surface area contributed by atoms with Crippen LogP contribution in [0.15, 0.2) is 30.6 Å². The van der Waals surface area contributed by atoms with Crippen molar-refractivity contribution in [1.82, 2.24) is 19.8 Å². The Labute approximate surface area is 121 Å².